The van der Waals surface area contributed by atoms with Crippen molar-refractivity contribution in [1.29, 1.82) is 0 Å². The number of hydrogen-bond acceptors (Lipinski definition) is 6. The van der Waals surface area contributed by atoms with Gasteiger partial charge in [-0.1, -0.05) is 36.0 Å². The lowest BCUT2D eigenvalue weighted by Gasteiger charge is -2.17. The second-order valence-electron chi connectivity index (χ2n) is 7.41. The van der Waals surface area contributed by atoms with Gasteiger partial charge < -0.3 is 14.8 Å². The number of anilines is 1. The van der Waals surface area contributed by atoms with Crippen molar-refractivity contribution in [2.45, 2.75) is 18.2 Å². The van der Waals surface area contributed by atoms with Crippen molar-refractivity contribution in [3.63, 3.8) is 0 Å². The Labute approximate surface area is 205 Å². The van der Waals surface area contributed by atoms with Gasteiger partial charge >= 0.3 is 0 Å². The molecular weight excluding hydrogens is 474 g/mol. The number of aromatic nitrogens is 3. The van der Waals surface area contributed by atoms with Crippen LogP contribution >= 0.6 is 11.8 Å². The van der Waals surface area contributed by atoms with E-state index >= 15 is 0 Å². The first-order valence-corrected chi connectivity index (χ1v) is 11.6. The van der Waals surface area contributed by atoms with Crippen molar-refractivity contribution >= 4 is 23.4 Å². The van der Waals surface area contributed by atoms with E-state index in [1.165, 1.54) is 0 Å². The van der Waals surface area contributed by atoms with Crippen molar-refractivity contribution in [3.8, 4) is 17.2 Å². The van der Waals surface area contributed by atoms with Crippen molar-refractivity contribution in [2.24, 2.45) is 0 Å². The number of benzene rings is 3. The minimum Gasteiger partial charge on any atom is -0.497 e. The lowest BCUT2D eigenvalue weighted by molar-refractivity contribution is -0.113. The molecular formula is C25H22F2N4O3S. The van der Waals surface area contributed by atoms with E-state index < -0.39 is 23.6 Å². The second kappa shape index (κ2) is 11.0. The quantitative estimate of drug-likeness (QED) is 0.312. The Bertz CT molecular complexity index is 1320. The smallest absolute Gasteiger partial charge is 0.234 e. The van der Waals surface area contributed by atoms with Gasteiger partial charge in [-0.15, -0.1) is 10.2 Å². The first-order valence-electron chi connectivity index (χ1n) is 10.6. The molecule has 1 heterocycles. The zero-order valence-electron chi connectivity index (χ0n) is 18.9. The molecule has 0 aliphatic carbocycles. The number of nitrogens with one attached hydrogen (secondary N) is 1. The molecule has 10 heteroatoms. The van der Waals surface area contributed by atoms with Gasteiger partial charge in [0.15, 0.2) is 17.1 Å². The van der Waals surface area contributed by atoms with E-state index in [0.29, 0.717) is 22.5 Å². The monoisotopic (exact) mass is 496 g/mol. The predicted molar refractivity (Wildman–Crippen MR) is 129 cm³/mol. The fraction of sp³-hybridized carbons (Fsp3) is 0.160. The number of nitrogens with zero attached hydrogens (tertiary/aromatic N) is 3. The first-order chi connectivity index (χ1) is 16.9. The number of carbonyl (C=O) groups is 1. The zero-order valence-corrected chi connectivity index (χ0v) is 19.8. The van der Waals surface area contributed by atoms with Crippen LogP contribution in [0.2, 0.25) is 0 Å². The van der Waals surface area contributed by atoms with Crippen LogP contribution in [0, 0.1) is 11.6 Å². The average Bonchev–Trinajstić information content (AvgIpc) is 3.30. The Morgan fingerprint density at radius 3 is 2.57 bits per heavy atom. The van der Waals surface area contributed by atoms with Gasteiger partial charge in [-0.05, 0) is 43.3 Å². The third-order valence-electron chi connectivity index (χ3n) is 4.93. The topological polar surface area (TPSA) is 78.3 Å². The number of methoxy groups -OCH3 is 1. The van der Waals surface area contributed by atoms with Crippen LogP contribution in [0.5, 0.6) is 11.5 Å². The Kier molecular flexibility index (Phi) is 7.61. The number of hydrogen-bond donors (Lipinski definition) is 1. The molecule has 1 atom stereocenters. The van der Waals surface area contributed by atoms with Gasteiger partial charge in [0, 0.05) is 17.8 Å². The van der Waals surface area contributed by atoms with Gasteiger partial charge in [0.1, 0.15) is 23.1 Å². The van der Waals surface area contributed by atoms with E-state index in [2.05, 4.69) is 15.5 Å². The number of thioether (sulfide) groups is 1. The van der Waals surface area contributed by atoms with Gasteiger partial charge in [-0.25, -0.2) is 8.78 Å². The molecule has 0 bridgehead atoms. The lowest BCUT2D eigenvalue weighted by Crippen LogP contribution is -2.16. The van der Waals surface area contributed by atoms with Crippen LogP contribution in [-0.2, 0) is 4.79 Å². The molecule has 7 nitrogen and oxygen atoms in total. The molecule has 0 spiro atoms. The molecule has 1 unspecified atom stereocenters. The molecule has 1 N–H and O–H groups in total. The highest BCUT2D eigenvalue weighted by molar-refractivity contribution is 7.99. The summed E-state index contributed by atoms with van der Waals surface area (Å²) in [4.78, 5) is 12.4. The second-order valence-corrected chi connectivity index (χ2v) is 8.35. The molecule has 180 valence electrons. The number of carbonyl (C=O) groups excluding carboxylic acids is 1. The van der Waals surface area contributed by atoms with Gasteiger partial charge in [0.05, 0.1) is 18.6 Å². The molecule has 1 aromatic heterocycles. The fourth-order valence-electron chi connectivity index (χ4n) is 3.30. The summed E-state index contributed by atoms with van der Waals surface area (Å²) < 4.78 is 40.4. The molecule has 4 rings (SSSR count). The van der Waals surface area contributed by atoms with E-state index in [1.807, 2.05) is 55.5 Å². The highest BCUT2D eigenvalue weighted by Crippen LogP contribution is 2.29. The van der Waals surface area contributed by atoms with Crippen LogP contribution in [-0.4, -0.2) is 33.5 Å². The normalized spacial score (nSPS) is 11.7. The lowest BCUT2D eigenvalue weighted by atomic mass is 10.3. The Hall–Kier alpha value is -3.92. The third-order valence-corrected chi connectivity index (χ3v) is 5.85. The number of amides is 1. The standard InChI is InChI=1S/C25H22F2N4O3S/c1-16(34-20-10-6-9-19(14-20)33-2)24-29-30-25(31(24)18-7-4-3-5-8-18)35-15-23(32)28-22-13-17(26)11-12-21(22)27/h3-14,16H,15H2,1-2H3,(H,28,32). The number of halogens is 2. The molecule has 0 aliphatic heterocycles. The van der Waals surface area contributed by atoms with Crippen molar-refractivity contribution in [3.05, 3.63) is 90.3 Å². The van der Waals surface area contributed by atoms with E-state index in [0.717, 1.165) is 35.6 Å². The van der Waals surface area contributed by atoms with Crippen LogP contribution in [0.3, 0.4) is 0 Å². The average molecular weight is 497 g/mol. The van der Waals surface area contributed by atoms with E-state index in [-0.39, 0.29) is 11.4 Å². The highest BCUT2D eigenvalue weighted by Gasteiger charge is 2.22. The van der Waals surface area contributed by atoms with Gasteiger partial charge in [-0.2, -0.15) is 0 Å². The maximum atomic E-state index is 13.9. The molecule has 0 radical (unpaired) electrons. The minimum atomic E-state index is -0.719. The van der Waals surface area contributed by atoms with Crippen molar-refractivity contribution < 1.29 is 23.0 Å². The Balaban J connectivity index is 1.54. The Morgan fingerprint density at radius 1 is 1.03 bits per heavy atom. The number of para-hydroxylation sites is 1. The molecule has 35 heavy (non-hydrogen) atoms. The summed E-state index contributed by atoms with van der Waals surface area (Å²) in [5.74, 6) is -0.175. The van der Waals surface area contributed by atoms with Crippen LogP contribution in [0.25, 0.3) is 5.69 Å². The largest absolute Gasteiger partial charge is 0.497 e. The zero-order chi connectivity index (χ0) is 24.8. The first kappa shape index (κ1) is 24.2. The summed E-state index contributed by atoms with van der Waals surface area (Å²) >= 11 is 1.12. The van der Waals surface area contributed by atoms with E-state index in [1.54, 1.807) is 17.7 Å². The number of ether oxygens (including phenoxy) is 2. The SMILES string of the molecule is COc1cccc(OC(C)c2nnc(SCC(=O)Nc3cc(F)ccc3F)n2-c2ccccc2)c1. The molecule has 0 saturated carbocycles. The number of rotatable bonds is 9. The summed E-state index contributed by atoms with van der Waals surface area (Å²) in [6, 6.07) is 19.5. The summed E-state index contributed by atoms with van der Waals surface area (Å²) in [6.07, 6.45) is -0.487. The van der Waals surface area contributed by atoms with Crippen molar-refractivity contribution in [1.82, 2.24) is 14.8 Å². The molecule has 1 amide bonds. The fourth-order valence-corrected chi connectivity index (χ4v) is 4.06. The minimum absolute atomic E-state index is 0.0912. The molecule has 4 aromatic rings. The van der Waals surface area contributed by atoms with E-state index in [9.17, 15) is 13.6 Å². The van der Waals surface area contributed by atoms with Gasteiger partial charge in [0.2, 0.25) is 5.91 Å². The molecule has 0 aliphatic rings. The van der Waals surface area contributed by atoms with Crippen LogP contribution < -0.4 is 14.8 Å². The Morgan fingerprint density at radius 2 is 1.80 bits per heavy atom. The predicted octanol–water partition coefficient (Wildman–Crippen LogP) is 5.42. The maximum Gasteiger partial charge on any atom is 0.234 e. The molecule has 0 saturated heterocycles. The van der Waals surface area contributed by atoms with Gasteiger partial charge in [-0.3, -0.25) is 9.36 Å². The maximum absolute atomic E-state index is 13.9. The van der Waals surface area contributed by atoms with E-state index in [4.69, 9.17) is 9.47 Å². The third kappa shape index (κ3) is 5.96. The summed E-state index contributed by atoms with van der Waals surface area (Å²) in [5.41, 5.74) is 0.564. The molecule has 3 aromatic carbocycles. The van der Waals surface area contributed by atoms with Crippen molar-refractivity contribution in [2.75, 3.05) is 18.2 Å². The summed E-state index contributed by atoms with van der Waals surface area (Å²) in [7, 11) is 1.58. The van der Waals surface area contributed by atoms with Crippen LogP contribution in [0.15, 0.2) is 78.0 Å². The summed E-state index contributed by atoms with van der Waals surface area (Å²) in [5, 5.41) is 11.4. The highest BCUT2D eigenvalue weighted by atomic mass is 32.2. The molecule has 0 fully saturated rings. The van der Waals surface area contributed by atoms with Crippen LogP contribution in [0.1, 0.15) is 18.9 Å². The van der Waals surface area contributed by atoms with Crippen LogP contribution in [0.4, 0.5) is 14.5 Å². The van der Waals surface area contributed by atoms with Gasteiger partial charge in [0.25, 0.3) is 0 Å². The summed E-state index contributed by atoms with van der Waals surface area (Å²) in [6.45, 7) is 1.84.